The van der Waals surface area contributed by atoms with Crippen LogP contribution in [-0.4, -0.2) is 10.2 Å². The van der Waals surface area contributed by atoms with Crippen LogP contribution in [0.1, 0.15) is 0 Å². The molecule has 0 aliphatic heterocycles. The summed E-state index contributed by atoms with van der Waals surface area (Å²) in [6, 6.07) is 30.5. The highest BCUT2D eigenvalue weighted by Crippen LogP contribution is 2.27. The van der Waals surface area contributed by atoms with Crippen molar-refractivity contribution < 1.29 is 10.2 Å². The first-order valence-corrected chi connectivity index (χ1v) is 7.76. The highest BCUT2D eigenvalue weighted by molar-refractivity contribution is 5.87. The fourth-order valence-corrected chi connectivity index (χ4v) is 2.54. The van der Waals surface area contributed by atoms with Gasteiger partial charge >= 0.3 is 0 Å². The van der Waals surface area contributed by atoms with E-state index in [2.05, 4.69) is 0 Å². The van der Waals surface area contributed by atoms with Gasteiger partial charge in [-0.3, -0.25) is 0 Å². The van der Waals surface area contributed by atoms with Crippen molar-refractivity contribution >= 4 is 10.8 Å². The lowest BCUT2D eigenvalue weighted by molar-refractivity contribution is 0.477. The summed E-state index contributed by atoms with van der Waals surface area (Å²) in [5, 5.41) is 20.9. The van der Waals surface area contributed by atoms with Crippen molar-refractivity contribution in [1.82, 2.24) is 0 Å². The summed E-state index contributed by atoms with van der Waals surface area (Å²) >= 11 is 0. The lowest BCUT2D eigenvalue weighted by Crippen LogP contribution is -1.76. The van der Waals surface area contributed by atoms with Crippen LogP contribution in [0.4, 0.5) is 0 Å². The average Bonchev–Trinajstić information content (AvgIpc) is 2.64. The fraction of sp³-hybridized carbons (Fsp3) is 0. The van der Waals surface area contributed by atoms with Gasteiger partial charge in [-0.1, -0.05) is 84.9 Å². The van der Waals surface area contributed by atoms with E-state index in [0.717, 1.165) is 21.9 Å². The second-order valence-electron chi connectivity index (χ2n) is 5.38. The molecule has 2 N–H and O–H groups in total. The molecule has 0 aliphatic rings. The van der Waals surface area contributed by atoms with Gasteiger partial charge < -0.3 is 10.2 Å². The van der Waals surface area contributed by atoms with E-state index in [9.17, 15) is 10.2 Å². The van der Waals surface area contributed by atoms with Gasteiger partial charge in [0.05, 0.1) is 0 Å². The van der Waals surface area contributed by atoms with Crippen LogP contribution in [0.2, 0.25) is 0 Å². The number of aromatic hydroxyl groups is 2. The van der Waals surface area contributed by atoms with E-state index < -0.39 is 0 Å². The maximum atomic E-state index is 9.56. The molecule has 0 saturated carbocycles. The molecule has 0 fully saturated rings. The molecule has 0 spiro atoms. The number of fused-ring (bicyclic) bond motifs is 1. The normalized spacial score (nSPS) is 10.0. The second-order valence-corrected chi connectivity index (χ2v) is 5.38. The van der Waals surface area contributed by atoms with Gasteiger partial charge in [-0.25, -0.2) is 0 Å². The molecular formula is C22H18O2. The first-order valence-electron chi connectivity index (χ1n) is 7.76. The maximum Gasteiger partial charge on any atom is 0.123 e. The van der Waals surface area contributed by atoms with Gasteiger partial charge in [-0.15, -0.1) is 0 Å². The SMILES string of the molecule is Oc1cccc2ccccc12.Oc1ccccc1-c1ccccc1. The van der Waals surface area contributed by atoms with Crippen LogP contribution in [0.5, 0.6) is 11.5 Å². The third-order valence-electron chi connectivity index (χ3n) is 3.76. The Kier molecular flexibility index (Phi) is 4.78. The molecule has 24 heavy (non-hydrogen) atoms. The second kappa shape index (κ2) is 7.34. The van der Waals surface area contributed by atoms with E-state index in [0.29, 0.717) is 11.5 Å². The lowest BCUT2D eigenvalue weighted by Gasteiger charge is -2.02. The van der Waals surface area contributed by atoms with E-state index in [1.807, 2.05) is 84.9 Å². The zero-order valence-corrected chi connectivity index (χ0v) is 13.1. The van der Waals surface area contributed by atoms with Crippen LogP contribution in [0.25, 0.3) is 21.9 Å². The molecule has 0 atom stereocenters. The molecule has 0 bridgehead atoms. The van der Waals surface area contributed by atoms with Crippen molar-refractivity contribution in [2.75, 3.05) is 0 Å². The minimum Gasteiger partial charge on any atom is -0.507 e. The Morgan fingerprint density at radius 3 is 1.79 bits per heavy atom. The molecule has 2 heteroatoms. The molecule has 4 rings (SSSR count). The molecule has 4 aromatic carbocycles. The van der Waals surface area contributed by atoms with Gasteiger partial charge in [0.25, 0.3) is 0 Å². The Labute approximate surface area is 141 Å². The third kappa shape index (κ3) is 3.55. The van der Waals surface area contributed by atoms with Gasteiger partial charge in [0.15, 0.2) is 0 Å². The fourth-order valence-electron chi connectivity index (χ4n) is 2.54. The van der Waals surface area contributed by atoms with Gasteiger partial charge in [-0.05, 0) is 23.1 Å². The zero-order chi connectivity index (χ0) is 16.8. The molecule has 4 aromatic rings. The van der Waals surface area contributed by atoms with E-state index >= 15 is 0 Å². The standard InChI is InChI=1S/C12H10O.C10H8O/c13-12-9-5-4-8-11(12)10-6-2-1-3-7-10;11-10-7-3-5-8-4-1-2-6-9(8)10/h1-9,13H;1-7,11H. The van der Waals surface area contributed by atoms with Crippen molar-refractivity contribution in [2.24, 2.45) is 0 Å². The topological polar surface area (TPSA) is 40.5 Å². The van der Waals surface area contributed by atoms with E-state index in [4.69, 9.17) is 0 Å². The van der Waals surface area contributed by atoms with Crippen LogP contribution >= 0.6 is 0 Å². The minimum absolute atomic E-state index is 0.328. The van der Waals surface area contributed by atoms with E-state index in [-0.39, 0.29) is 0 Å². The average molecular weight is 314 g/mol. The highest BCUT2D eigenvalue weighted by atomic mass is 16.3. The summed E-state index contributed by atoms with van der Waals surface area (Å²) in [4.78, 5) is 0. The minimum atomic E-state index is 0.328. The van der Waals surface area contributed by atoms with Crippen molar-refractivity contribution in [3.05, 3.63) is 97.1 Å². The summed E-state index contributed by atoms with van der Waals surface area (Å²) in [6.07, 6.45) is 0. The molecule has 0 amide bonds. The quantitative estimate of drug-likeness (QED) is 0.480. The third-order valence-corrected chi connectivity index (χ3v) is 3.76. The number of hydrogen-bond donors (Lipinski definition) is 2. The summed E-state index contributed by atoms with van der Waals surface area (Å²) in [6.45, 7) is 0. The Morgan fingerprint density at radius 1 is 0.458 bits per heavy atom. The number of hydrogen-bond acceptors (Lipinski definition) is 2. The maximum absolute atomic E-state index is 9.56. The van der Waals surface area contributed by atoms with Crippen molar-refractivity contribution in [3.8, 4) is 22.6 Å². The first-order chi connectivity index (χ1) is 11.8. The van der Waals surface area contributed by atoms with Gasteiger partial charge in [0.1, 0.15) is 11.5 Å². The Hall–Kier alpha value is -3.26. The van der Waals surface area contributed by atoms with Crippen LogP contribution < -0.4 is 0 Å². The predicted molar refractivity (Wildman–Crippen MR) is 99.2 cm³/mol. The molecule has 0 aliphatic carbocycles. The van der Waals surface area contributed by atoms with Crippen molar-refractivity contribution in [2.45, 2.75) is 0 Å². The lowest BCUT2D eigenvalue weighted by atomic mass is 10.1. The summed E-state index contributed by atoms with van der Waals surface area (Å²) < 4.78 is 0. The van der Waals surface area contributed by atoms with Gasteiger partial charge in [-0.2, -0.15) is 0 Å². The van der Waals surface area contributed by atoms with Crippen molar-refractivity contribution in [1.29, 1.82) is 0 Å². The van der Waals surface area contributed by atoms with Crippen LogP contribution in [0.3, 0.4) is 0 Å². The zero-order valence-electron chi connectivity index (χ0n) is 13.1. The number of benzene rings is 4. The summed E-state index contributed by atoms with van der Waals surface area (Å²) in [5.41, 5.74) is 1.92. The van der Waals surface area contributed by atoms with Gasteiger partial charge in [0, 0.05) is 10.9 Å². The molecule has 0 radical (unpaired) electrons. The van der Waals surface area contributed by atoms with E-state index in [1.54, 1.807) is 12.1 Å². The molecule has 0 saturated heterocycles. The van der Waals surface area contributed by atoms with E-state index in [1.165, 1.54) is 0 Å². The number of para-hydroxylation sites is 1. The highest BCUT2D eigenvalue weighted by Gasteiger charge is 2.00. The number of rotatable bonds is 1. The molecule has 118 valence electrons. The monoisotopic (exact) mass is 314 g/mol. The predicted octanol–water partition coefficient (Wildman–Crippen LogP) is 5.60. The van der Waals surface area contributed by atoms with Crippen LogP contribution in [0.15, 0.2) is 97.1 Å². The molecule has 0 heterocycles. The summed E-state index contributed by atoms with van der Waals surface area (Å²) in [7, 11) is 0. The number of phenols is 2. The van der Waals surface area contributed by atoms with Crippen LogP contribution in [-0.2, 0) is 0 Å². The largest absolute Gasteiger partial charge is 0.507 e. The molecular weight excluding hydrogens is 296 g/mol. The van der Waals surface area contributed by atoms with Crippen molar-refractivity contribution in [3.63, 3.8) is 0 Å². The Bertz CT molecular complexity index is 925. The van der Waals surface area contributed by atoms with Crippen LogP contribution in [0, 0.1) is 0 Å². The number of phenolic OH excluding ortho intramolecular Hbond substituents is 2. The Morgan fingerprint density at radius 2 is 1.04 bits per heavy atom. The van der Waals surface area contributed by atoms with Gasteiger partial charge in [0.2, 0.25) is 0 Å². The summed E-state index contributed by atoms with van der Waals surface area (Å²) in [5.74, 6) is 0.678. The Balaban J connectivity index is 0.000000143. The molecule has 2 nitrogen and oxygen atoms in total. The first kappa shape index (κ1) is 15.6. The smallest absolute Gasteiger partial charge is 0.123 e. The molecule has 0 aromatic heterocycles. The molecule has 0 unspecified atom stereocenters.